The van der Waals surface area contributed by atoms with Gasteiger partial charge < -0.3 is 5.11 Å². The third-order valence-corrected chi connectivity index (χ3v) is 5.35. The van der Waals surface area contributed by atoms with Gasteiger partial charge in [-0.05, 0) is 67.6 Å². The third-order valence-electron chi connectivity index (χ3n) is 3.32. The summed E-state index contributed by atoms with van der Waals surface area (Å²) in [6.45, 7) is 1.77. The van der Waals surface area contributed by atoms with Gasteiger partial charge in [-0.25, -0.2) is 0 Å². The molecule has 116 valence electrons. The summed E-state index contributed by atoms with van der Waals surface area (Å²) >= 11 is 3.46. The van der Waals surface area contributed by atoms with Crippen molar-refractivity contribution in [2.24, 2.45) is 0 Å². The van der Waals surface area contributed by atoms with Gasteiger partial charge in [0.05, 0.1) is 5.60 Å². The lowest BCUT2D eigenvalue weighted by Crippen LogP contribution is -2.15. The molecule has 1 nitrogen and oxygen atoms in total. The van der Waals surface area contributed by atoms with E-state index in [0.29, 0.717) is 0 Å². The number of hydrogen-bond acceptors (Lipinski definition) is 3. The first-order valence-electron chi connectivity index (χ1n) is 7.43. The second-order valence-corrected chi connectivity index (χ2v) is 7.77. The lowest BCUT2D eigenvalue weighted by molar-refractivity contribution is 0.164. The van der Waals surface area contributed by atoms with Crippen LogP contribution in [0.4, 0.5) is 0 Å². The van der Waals surface area contributed by atoms with E-state index in [9.17, 15) is 5.11 Å². The van der Waals surface area contributed by atoms with E-state index in [-0.39, 0.29) is 0 Å². The van der Waals surface area contributed by atoms with E-state index >= 15 is 0 Å². The number of benzene rings is 2. The molecule has 0 bridgehead atoms. The molecule has 0 spiro atoms. The van der Waals surface area contributed by atoms with Crippen molar-refractivity contribution in [3.63, 3.8) is 0 Å². The molecule has 0 heterocycles. The second kappa shape index (κ2) is 7.26. The minimum Gasteiger partial charge on any atom is -0.382 e. The van der Waals surface area contributed by atoms with Gasteiger partial charge in [-0.2, -0.15) is 0 Å². The quantitative estimate of drug-likeness (QED) is 0.773. The lowest BCUT2D eigenvalue weighted by Gasteiger charge is -2.11. The Bertz CT molecular complexity index is 741. The van der Waals surface area contributed by atoms with E-state index in [4.69, 9.17) is 0 Å². The predicted molar refractivity (Wildman–Crippen MR) is 99.9 cm³/mol. The Morgan fingerprint density at radius 1 is 0.783 bits per heavy atom. The molecule has 2 aromatic rings. The summed E-state index contributed by atoms with van der Waals surface area (Å²) in [4.78, 5) is 4.78. The van der Waals surface area contributed by atoms with Crippen LogP contribution in [-0.2, 0) is 0 Å². The zero-order valence-corrected chi connectivity index (χ0v) is 14.5. The van der Waals surface area contributed by atoms with Gasteiger partial charge in [0.25, 0.3) is 0 Å². The molecule has 3 rings (SSSR count). The van der Waals surface area contributed by atoms with Gasteiger partial charge in [-0.1, -0.05) is 47.8 Å². The molecule has 0 saturated carbocycles. The molecule has 23 heavy (non-hydrogen) atoms. The second-order valence-electron chi connectivity index (χ2n) is 5.48. The highest BCUT2D eigenvalue weighted by atomic mass is 32.2. The van der Waals surface area contributed by atoms with E-state index in [1.165, 1.54) is 14.7 Å². The summed E-state index contributed by atoms with van der Waals surface area (Å²) in [5, 5.41) is 10.00. The molecule has 1 unspecified atom stereocenters. The van der Waals surface area contributed by atoms with Crippen molar-refractivity contribution in [1.82, 2.24) is 0 Å². The number of allylic oxidation sites excluding steroid dienone is 3. The molecule has 1 aliphatic rings. The van der Waals surface area contributed by atoms with Gasteiger partial charge in [0.1, 0.15) is 0 Å². The minimum absolute atomic E-state index is 0.866. The molecule has 0 aromatic heterocycles. The molecule has 0 saturated heterocycles. The zero-order valence-electron chi connectivity index (χ0n) is 12.8. The van der Waals surface area contributed by atoms with Gasteiger partial charge in [-0.3, -0.25) is 0 Å². The van der Waals surface area contributed by atoms with Gasteiger partial charge >= 0.3 is 0 Å². The van der Waals surface area contributed by atoms with Crippen LogP contribution in [0.1, 0.15) is 6.92 Å². The number of aliphatic hydroxyl groups is 1. The Balaban J connectivity index is 1.66. The Kier molecular flexibility index (Phi) is 5.11. The molecule has 2 aromatic carbocycles. The van der Waals surface area contributed by atoms with Gasteiger partial charge in [0.15, 0.2) is 0 Å². The van der Waals surface area contributed by atoms with Crippen molar-refractivity contribution in [2.75, 3.05) is 0 Å². The van der Waals surface area contributed by atoms with Crippen LogP contribution in [0, 0.1) is 0 Å². The van der Waals surface area contributed by atoms with E-state index in [0.717, 1.165) is 4.91 Å². The molecule has 0 amide bonds. The highest BCUT2D eigenvalue weighted by Gasteiger charge is 2.12. The van der Waals surface area contributed by atoms with E-state index in [1.807, 2.05) is 30.4 Å². The van der Waals surface area contributed by atoms with Crippen LogP contribution in [0.5, 0.6) is 0 Å². The van der Waals surface area contributed by atoms with Crippen LogP contribution >= 0.6 is 23.5 Å². The molecular weight excluding hydrogens is 320 g/mol. The normalized spacial score (nSPS) is 20.2. The molecule has 3 heteroatoms. The number of hydrogen-bond donors (Lipinski definition) is 1. The highest BCUT2D eigenvalue weighted by Crippen LogP contribution is 2.33. The summed E-state index contributed by atoms with van der Waals surface area (Å²) < 4.78 is 0. The van der Waals surface area contributed by atoms with E-state index in [1.54, 1.807) is 36.5 Å². The maximum atomic E-state index is 10.00. The fourth-order valence-corrected chi connectivity index (χ4v) is 3.77. The van der Waals surface area contributed by atoms with Crippen molar-refractivity contribution in [3.05, 3.63) is 89.9 Å². The van der Waals surface area contributed by atoms with Crippen molar-refractivity contribution in [3.8, 4) is 0 Å². The van der Waals surface area contributed by atoms with Crippen molar-refractivity contribution in [2.45, 2.75) is 27.2 Å². The molecule has 1 N–H and O–H groups in total. The molecule has 1 aliphatic carbocycles. The SMILES string of the molecule is CC1(O)C=CC=C(Sc2ccc(Sc3ccccc3)cc2)C=C1. The predicted octanol–water partition coefficient (Wildman–Crippen LogP) is 5.69. The molecule has 1 atom stereocenters. The van der Waals surface area contributed by atoms with Gasteiger partial charge in [-0.15, -0.1) is 0 Å². The van der Waals surface area contributed by atoms with Crippen LogP contribution in [0.2, 0.25) is 0 Å². The molecule has 0 aliphatic heterocycles. The van der Waals surface area contributed by atoms with Gasteiger partial charge in [0, 0.05) is 19.6 Å². The average Bonchev–Trinajstić information content (AvgIpc) is 2.71. The molecule has 0 fully saturated rings. The van der Waals surface area contributed by atoms with Crippen molar-refractivity contribution >= 4 is 23.5 Å². The minimum atomic E-state index is -0.866. The Morgan fingerprint density at radius 2 is 1.39 bits per heavy atom. The number of thioether (sulfide) groups is 1. The molecular formula is C20H18OS2. The topological polar surface area (TPSA) is 20.2 Å². The largest absolute Gasteiger partial charge is 0.382 e. The Labute approximate surface area is 145 Å². The van der Waals surface area contributed by atoms with Crippen LogP contribution in [0.3, 0.4) is 0 Å². The van der Waals surface area contributed by atoms with Crippen molar-refractivity contribution < 1.29 is 5.11 Å². The summed E-state index contributed by atoms with van der Waals surface area (Å²) in [6, 6.07) is 18.9. The monoisotopic (exact) mass is 338 g/mol. The number of rotatable bonds is 4. The summed E-state index contributed by atoms with van der Waals surface area (Å²) in [6.07, 6.45) is 9.50. The smallest absolute Gasteiger partial charge is 0.0987 e. The van der Waals surface area contributed by atoms with Crippen LogP contribution in [-0.4, -0.2) is 10.7 Å². The summed E-state index contributed by atoms with van der Waals surface area (Å²) in [7, 11) is 0. The first kappa shape index (κ1) is 16.2. The lowest BCUT2D eigenvalue weighted by atomic mass is 10.1. The summed E-state index contributed by atoms with van der Waals surface area (Å²) in [5.74, 6) is 0. The molecule has 0 radical (unpaired) electrons. The maximum absolute atomic E-state index is 10.00. The first-order valence-corrected chi connectivity index (χ1v) is 9.06. The standard InChI is InChI=1S/C20H18OS2/c1-20(21)14-5-8-17(13-15-20)23-19-11-9-18(10-12-19)22-16-6-3-2-4-7-16/h2-15,21H,1H3. The van der Waals surface area contributed by atoms with Crippen LogP contribution in [0.25, 0.3) is 0 Å². The van der Waals surface area contributed by atoms with Gasteiger partial charge in [0.2, 0.25) is 0 Å². The average molecular weight is 338 g/mol. The van der Waals surface area contributed by atoms with E-state index in [2.05, 4.69) is 48.5 Å². The Morgan fingerprint density at radius 3 is 2.09 bits per heavy atom. The maximum Gasteiger partial charge on any atom is 0.0987 e. The van der Waals surface area contributed by atoms with E-state index < -0.39 is 5.60 Å². The van der Waals surface area contributed by atoms with Crippen molar-refractivity contribution in [1.29, 1.82) is 0 Å². The Hall–Kier alpha value is -1.68. The fraction of sp³-hybridized carbons (Fsp3) is 0.100. The highest BCUT2D eigenvalue weighted by molar-refractivity contribution is 8.03. The summed E-state index contributed by atoms with van der Waals surface area (Å²) in [5.41, 5.74) is -0.866. The fourth-order valence-electron chi connectivity index (χ4n) is 2.10. The van der Waals surface area contributed by atoms with Crippen LogP contribution in [0.15, 0.2) is 105 Å². The van der Waals surface area contributed by atoms with Crippen LogP contribution < -0.4 is 0 Å². The first-order chi connectivity index (χ1) is 11.1. The third kappa shape index (κ3) is 4.90. The zero-order chi connectivity index (χ0) is 16.1.